The lowest BCUT2D eigenvalue weighted by Crippen LogP contribution is -2.45. The van der Waals surface area contributed by atoms with Crippen molar-refractivity contribution in [3.63, 3.8) is 0 Å². The fraction of sp³-hybridized carbons (Fsp3) is 0.571. The van der Waals surface area contributed by atoms with Crippen LogP contribution >= 0.6 is 11.3 Å². The van der Waals surface area contributed by atoms with Gasteiger partial charge in [0.1, 0.15) is 0 Å². The summed E-state index contributed by atoms with van der Waals surface area (Å²) in [7, 11) is 1.70. The molecule has 1 aromatic heterocycles. The summed E-state index contributed by atoms with van der Waals surface area (Å²) in [4.78, 5) is 28.9. The molecule has 1 saturated heterocycles. The second kappa shape index (κ2) is 6.85. The Morgan fingerprint density at radius 1 is 1.40 bits per heavy atom. The number of nitrogens with one attached hydrogen (secondary N) is 1. The van der Waals surface area contributed by atoms with E-state index in [-0.39, 0.29) is 11.9 Å². The van der Waals surface area contributed by atoms with E-state index < -0.39 is 5.91 Å². The Kier molecular flexibility index (Phi) is 5.14. The minimum Gasteiger partial charge on any atom is -0.333 e. The third-order valence-electron chi connectivity index (χ3n) is 3.67. The Labute approximate surface area is 123 Å². The van der Waals surface area contributed by atoms with E-state index in [0.717, 1.165) is 24.4 Å². The Bertz CT molecular complexity index is 453. The van der Waals surface area contributed by atoms with Crippen LogP contribution in [0.1, 0.15) is 24.3 Å². The standard InChI is InChI=1S/C14H21N3O2S/c1-11(12-5-3-10-20-12)16(2)13(18)14(19)17-8-4-6-15-7-9-17/h3,5,10-11,15H,4,6-9H2,1-2H3. The molecule has 0 aromatic carbocycles. The summed E-state index contributed by atoms with van der Waals surface area (Å²) in [5.41, 5.74) is 0. The quantitative estimate of drug-likeness (QED) is 0.831. The molecule has 1 N–H and O–H groups in total. The lowest BCUT2D eigenvalue weighted by Gasteiger charge is -2.27. The number of hydrogen-bond donors (Lipinski definition) is 1. The van der Waals surface area contributed by atoms with Gasteiger partial charge in [0.15, 0.2) is 0 Å². The molecule has 5 nitrogen and oxygen atoms in total. The Morgan fingerprint density at radius 2 is 2.20 bits per heavy atom. The van der Waals surface area contributed by atoms with Crippen LogP contribution in [0.2, 0.25) is 0 Å². The number of nitrogens with zero attached hydrogens (tertiary/aromatic N) is 2. The summed E-state index contributed by atoms with van der Waals surface area (Å²) in [6.07, 6.45) is 0.892. The number of hydrogen-bond acceptors (Lipinski definition) is 4. The second-order valence-electron chi connectivity index (χ2n) is 5.00. The second-order valence-corrected chi connectivity index (χ2v) is 5.98. The van der Waals surface area contributed by atoms with Gasteiger partial charge in [0.05, 0.1) is 6.04 Å². The summed E-state index contributed by atoms with van der Waals surface area (Å²) in [6, 6.07) is 3.87. The summed E-state index contributed by atoms with van der Waals surface area (Å²) in [6.45, 7) is 4.86. The van der Waals surface area contributed by atoms with Crippen LogP contribution in [0.25, 0.3) is 0 Å². The van der Waals surface area contributed by atoms with Crippen molar-refractivity contribution in [2.75, 3.05) is 33.2 Å². The molecule has 1 aliphatic heterocycles. The largest absolute Gasteiger partial charge is 0.333 e. The normalized spacial score (nSPS) is 17.4. The van der Waals surface area contributed by atoms with Crippen molar-refractivity contribution >= 4 is 23.2 Å². The minimum absolute atomic E-state index is 0.0726. The van der Waals surface area contributed by atoms with Crippen molar-refractivity contribution in [3.05, 3.63) is 22.4 Å². The van der Waals surface area contributed by atoms with E-state index in [1.165, 1.54) is 4.90 Å². The van der Waals surface area contributed by atoms with Gasteiger partial charge in [0.25, 0.3) is 0 Å². The Balaban J connectivity index is 2.00. The summed E-state index contributed by atoms with van der Waals surface area (Å²) in [5, 5.41) is 5.21. The highest BCUT2D eigenvalue weighted by molar-refractivity contribution is 7.10. The molecule has 6 heteroatoms. The SMILES string of the molecule is CC(c1cccs1)N(C)C(=O)C(=O)N1CCCNCC1. The monoisotopic (exact) mass is 295 g/mol. The lowest BCUT2D eigenvalue weighted by molar-refractivity contribution is -0.152. The number of thiophene rings is 1. The smallest absolute Gasteiger partial charge is 0.312 e. The molecule has 0 saturated carbocycles. The molecule has 0 radical (unpaired) electrons. The van der Waals surface area contributed by atoms with E-state index in [2.05, 4.69) is 5.32 Å². The maximum atomic E-state index is 12.3. The van der Waals surface area contributed by atoms with Crippen molar-refractivity contribution in [3.8, 4) is 0 Å². The van der Waals surface area contributed by atoms with E-state index in [0.29, 0.717) is 13.1 Å². The van der Waals surface area contributed by atoms with E-state index in [1.54, 1.807) is 23.3 Å². The summed E-state index contributed by atoms with van der Waals surface area (Å²) < 4.78 is 0. The first-order valence-corrected chi connectivity index (χ1v) is 7.79. The molecule has 0 aliphatic carbocycles. The number of carbonyl (C=O) groups excluding carboxylic acids is 2. The molecule has 1 aromatic rings. The molecule has 1 unspecified atom stereocenters. The molecule has 1 fully saturated rings. The number of amides is 2. The number of rotatable bonds is 2. The molecule has 2 heterocycles. The fourth-order valence-electron chi connectivity index (χ4n) is 2.23. The molecule has 20 heavy (non-hydrogen) atoms. The molecule has 2 rings (SSSR count). The van der Waals surface area contributed by atoms with Gasteiger partial charge in [0.2, 0.25) is 0 Å². The molecular weight excluding hydrogens is 274 g/mol. The lowest BCUT2D eigenvalue weighted by atomic mass is 10.2. The molecule has 1 atom stereocenters. The highest BCUT2D eigenvalue weighted by Gasteiger charge is 2.28. The van der Waals surface area contributed by atoms with E-state index in [1.807, 2.05) is 24.4 Å². The van der Waals surface area contributed by atoms with Crippen LogP contribution < -0.4 is 5.32 Å². The van der Waals surface area contributed by atoms with Crippen LogP contribution in [0, 0.1) is 0 Å². The van der Waals surface area contributed by atoms with Gasteiger partial charge in [-0.3, -0.25) is 9.59 Å². The van der Waals surface area contributed by atoms with Crippen molar-refractivity contribution < 1.29 is 9.59 Å². The van der Waals surface area contributed by atoms with Gasteiger partial charge in [-0.2, -0.15) is 0 Å². The molecule has 110 valence electrons. The van der Waals surface area contributed by atoms with Gasteiger partial charge in [-0.25, -0.2) is 0 Å². The summed E-state index contributed by atoms with van der Waals surface area (Å²) in [5.74, 6) is -0.813. The van der Waals surface area contributed by atoms with Crippen LogP contribution in [0.3, 0.4) is 0 Å². The molecular formula is C14H21N3O2S. The molecule has 1 aliphatic rings. The first-order chi connectivity index (χ1) is 9.61. The number of likely N-dealkylation sites (N-methyl/N-ethyl adjacent to an activating group) is 1. The van der Waals surface area contributed by atoms with Crippen molar-refractivity contribution in [1.82, 2.24) is 15.1 Å². The zero-order valence-electron chi connectivity index (χ0n) is 12.0. The highest BCUT2D eigenvalue weighted by atomic mass is 32.1. The first-order valence-electron chi connectivity index (χ1n) is 6.91. The first kappa shape index (κ1) is 15.0. The maximum Gasteiger partial charge on any atom is 0.312 e. The fourth-order valence-corrected chi connectivity index (χ4v) is 3.06. The Morgan fingerprint density at radius 3 is 2.90 bits per heavy atom. The number of carbonyl (C=O) groups is 2. The van der Waals surface area contributed by atoms with Gasteiger partial charge < -0.3 is 15.1 Å². The predicted octanol–water partition coefficient (Wildman–Crippen LogP) is 1.09. The predicted molar refractivity (Wildman–Crippen MR) is 79.6 cm³/mol. The van der Waals surface area contributed by atoms with Crippen LogP contribution in [0.15, 0.2) is 17.5 Å². The van der Waals surface area contributed by atoms with Gasteiger partial charge >= 0.3 is 11.8 Å². The van der Waals surface area contributed by atoms with Gasteiger partial charge in [-0.1, -0.05) is 6.07 Å². The zero-order chi connectivity index (χ0) is 14.5. The third kappa shape index (κ3) is 3.37. The topological polar surface area (TPSA) is 52.7 Å². The highest BCUT2D eigenvalue weighted by Crippen LogP contribution is 2.23. The average Bonchev–Trinajstić information content (AvgIpc) is 2.86. The van der Waals surface area contributed by atoms with Crippen LogP contribution in [-0.2, 0) is 9.59 Å². The van der Waals surface area contributed by atoms with Gasteiger partial charge in [0, 0.05) is 31.6 Å². The van der Waals surface area contributed by atoms with Crippen LogP contribution in [-0.4, -0.2) is 54.8 Å². The molecule has 0 spiro atoms. The molecule has 2 amide bonds. The van der Waals surface area contributed by atoms with Gasteiger partial charge in [-0.05, 0) is 31.3 Å². The van der Waals surface area contributed by atoms with Crippen LogP contribution in [0.4, 0.5) is 0 Å². The van der Waals surface area contributed by atoms with Gasteiger partial charge in [-0.15, -0.1) is 11.3 Å². The van der Waals surface area contributed by atoms with Crippen LogP contribution in [0.5, 0.6) is 0 Å². The minimum atomic E-state index is -0.423. The van der Waals surface area contributed by atoms with E-state index >= 15 is 0 Å². The molecule has 0 bridgehead atoms. The Hall–Kier alpha value is -1.40. The van der Waals surface area contributed by atoms with Crippen molar-refractivity contribution in [1.29, 1.82) is 0 Å². The summed E-state index contributed by atoms with van der Waals surface area (Å²) >= 11 is 1.60. The zero-order valence-corrected chi connectivity index (χ0v) is 12.8. The van der Waals surface area contributed by atoms with Crippen molar-refractivity contribution in [2.45, 2.75) is 19.4 Å². The van der Waals surface area contributed by atoms with Crippen molar-refractivity contribution in [2.24, 2.45) is 0 Å². The average molecular weight is 295 g/mol. The van der Waals surface area contributed by atoms with E-state index in [4.69, 9.17) is 0 Å². The van der Waals surface area contributed by atoms with E-state index in [9.17, 15) is 9.59 Å². The maximum absolute atomic E-state index is 12.3. The third-order valence-corrected chi connectivity index (χ3v) is 4.71.